The number of rotatable bonds is 0. The summed E-state index contributed by atoms with van der Waals surface area (Å²) in [4.78, 5) is 3.78. The molecular formula is C3H2I2N2O. The lowest BCUT2D eigenvalue weighted by atomic mass is 10.9. The topological polar surface area (TPSA) is 39.9 Å². The van der Waals surface area contributed by atoms with E-state index in [9.17, 15) is 5.21 Å². The fraction of sp³-hybridized carbons (Fsp3) is 0. The zero-order valence-electron chi connectivity index (χ0n) is 3.69. The summed E-state index contributed by atoms with van der Waals surface area (Å²) in [6, 6.07) is 0. The van der Waals surface area contributed by atoms with Crippen molar-refractivity contribution in [3.8, 4) is 0 Å². The molecule has 0 saturated carbocycles. The highest BCUT2D eigenvalue weighted by molar-refractivity contribution is 14.1. The van der Waals surface area contributed by atoms with Gasteiger partial charge in [-0.15, -0.1) is 0 Å². The molecule has 0 fully saturated rings. The van der Waals surface area contributed by atoms with Gasteiger partial charge in [-0.2, -0.15) is 4.99 Å². The molecule has 0 aliphatic carbocycles. The third-order valence-corrected chi connectivity index (χ3v) is 2.23. The van der Waals surface area contributed by atoms with Crippen LogP contribution in [0, 0.1) is 5.21 Å². The van der Waals surface area contributed by atoms with Gasteiger partial charge in [0.05, 0.1) is 22.6 Å². The van der Waals surface area contributed by atoms with Crippen molar-refractivity contribution in [2.45, 2.75) is 0 Å². The average Bonchev–Trinajstić information content (AvgIpc) is 1.98. The molecule has 1 rings (SSSR count). The zero-order chi connectivity index (χ0) is 6.15. The molecule has 0 spiro atoms. The van der Waals surface area contributed by atoms with Crippen LogP contribution in [0.2, 0.25) is 0 Å². The normalized spacial score (nSPS) is 27.6. The number of hydrogen-bond donors (Lipinski definition) is 1. The molecule has 0 saturated heterocycles. The maximum absolute atomic E-state index is 10.7. The minimum atomic E-state index is 0.0474. The van der Waals surface area contributed by atoms with Crippen LogP contribution in [0.3, 0.4) is 0 Å². The third kappa shape index (κ3) is 1.20. The monoisotopic (exact) mass is 336 g/mol. The minimum absolute atomic E-state index is 0.0474. The van der Waals surface area contributed by atoms with Crippen LogP contribution in [0.4, 0.5) is 0 Å². The first kappa shape index (κ1) is 6.90. The van der Waals surface area contributed by atoms with E-state index >= 15 is 0 Å². The van der Waals surface area contributed by atoms with E-state index in [4.69, 9.17) is 0 Å². The average molecular weight is 336 g/mol. The van der Waals surface area contributed by atoms with Gasteiger partial charge >= 0.3 is 0 Å². The Kier molecular flexibility index (Phi) is 2.23. The number of hydroxylamine groups is 2. The molecule has 0 aromatic rings. The van der Waals surface area contributed by atoms with Crippen LogP contribution in [-0.2, 0) is 0 Å². The van der Waals surface area contributed by atoms with Gasteiger partial charge < -0.3 is 5.21 Å². The number of nitrogens with zero attached hydrogens (tertiary/aromatic N) is 1. The minimum Gasteiger partial charge on any atom is -0.622 e. The Bertz CT molecular complexity index is 147. The van der Waals surface area contributed by atoms with Crippen LogP contribution >= 0.6 is 45.2 Å². The molecule has 1 heterocycles. The van der Waals surface area contributed by atoms with Gasteiger partial charge in [-0.3, -0.25) is 5.06 Å². The number of amidine groups is 1. The Morgan fingerprint density at radius 2 is 2.25 bits per heavy atom. The quantitative estimate of drug-likeness (QED) is 0.389. The summed E-state index contributed by atoms with van der Waals surface area (Å²) >= 11 is 3.88. The molecule has 0 amide bonds. The number of nitrogens with one attached hydrogen (secondary N) is 1. The van der Waals surface area contributed by atoms with Crippen molar-refractivity contribution in [2.24, 2.45) is 4.99 Å². The molecule has 0 aromatic heterocycles. The van der Waals surface area contributed by atoms with Crippen molar-refractivity contribution in [3.63, 3.8) is 0 Å². The van der Waals surface area contributed by atoms with Crippen LogP contribution < -0.4 is 5.06 Å². The van der Waals surface area contributed by atoms with Gasteiger partial charge in [0.25, 0.3) is 3.84 Å². The second kappa shape index (κ2) is 2.58. The SMILES string of the molecule is [O-][NH+]1C(I)=CN=C1I. The highest BCUT2D eigenvalue weighted by Gasteiger charge is 2.13. The lowest BCUT2D eigenvalue weighted by molar-refractivity contribution is -0.677. The van der Waals surface area contributed by atoms with E-state index in [1.54, 1.807) is 6.20 Å². The number of quaternary nitrogens is 1. The standard InChI is InChI=1S/C3H2I2N2O/c4-2-1-6-3(5)7(2)8/h1,7H. The summed E-state index contributed by atoms with van der Waals surface area (Å²) in [6.07, 6.45) is 1.57. The number of aliphatic imine (C=N–C) groups is 1. The van der Waals surface area contributed by atoms with Crippen LogP contribution in [0.1, 0.15) is 0 Å². The van der Waals surface area contributed by atoms with Gasteiger partial charge in [-0.25, -0.2) is 0 Å². The van der Waals surface area contributed by atoms with Gasteiger partial charge in [-0.1, -0.05) is 0 Å². The molecule has 1 N–H and O–H groups in total. The number of hydrogen-bond acceptors (Lipinski definition) is 2. The molecule has 0 radical (unpaired) electrons. The van der Waals surface area contributed by atoms with E-state index in [0.717, 1.165) is 0 Å². The summed E-state index contributed by atoms with van der Waals surface area (Å²) in [7, 11) is 0. The third-order valence-electron chi connectivity index (χ3n) is 0.696. The van der Waals surface area contributed by atoms with Gasteiger partial charge in [0.2, 0.25) is 0 Å². The zero-order valence-corrected chi connectivity index (χ0v) is 8.00. The molecule has 0 aromatic carbocycles. The van der Waals surface area contributed by atoms with E-state index in [-0.39, 0.29) is 5.06 Å². The summed E-state index contributed by atoms with van der Waals surface area (Å²) in [5.74, 6) is 0. The highest BCUT2D eigenvalue weighted by atomic mass is 127. The lowest BCUT2D eigenvalue weighted by Crippen LogP contribution is -3.05. The van der Waals surface area contributed by atoms with Crippen molar-refractivity contribution in [3.05, 3.63) is 15.1 Å². The first-order chi connectivity index (χ1) is 3.72. The molecule has 3 nitrogen and oxygen atoms in total. The first-order valence-electron chi connectivity index (χ1n) is 1.85. The van der Waals surface area contributed by atoms with Crippen molar-refractivity contribution < 1.29 is 5.06 Å². The molecule has 0 bridgehead atoms. The molecule has 1 unspecified atom stereocenters. The Balaban J connectivity index is 2.75. The van der Waals surface area contributed by atoms with Crippen molar-refractivity contribution in [1.82, 2.24) is 0 Å². The predicted molar refractivity (Wildman–Crippen MR) is 47.9 cm³/mol. The van der Waals surface area contributed by atoms with Gasteiger partial charge in [-0.05, 0) is 0 Å². The molecule has 1 aliphatic heterocycles. The Hall–Kier alpha value is 0.790. The van der Waals surface area contributed by atoms with Crippen molar-refractivity contribution in [2.75, 3.05) is 0 Å². The summed E-state index contributed by atoms with van der Waals surface area (Å²) in [5.41, 5.74) is 0. The van der Waals surface area contributed by atoms with Gasteiger partial charge in [0.15, 0.2) is 3.70 Å². The first-order valence-corrected chi connectivity index (χ1v) is 4.01. The maximum atomic E-state index is 10.7. The van der Waals surface area contributed by atoms with Crippen LogP contribution in [0.15, 0.2) is 14.9 Å². The molecule has 1 atom stereocenters. The fourth-order valence-corrected chi connectivity index (χ4v) is 1.67. The Morgan fingerprint density at radius 3 is 2.38 bits per heavy atom. The lowest BCUT2D eigenvalue weighted by Gasteiger charge is -2.11. The van der Waals surface area contributed by atoms with Gasteiger partial charge in [0, 0.05) is 22.6 Å². The Labute approximate surface area is 73.7 Å². The molecular weight excluding hydrogens is 334 g/mol. The predicted octanol–water partition coefficient (Wildman–Crippen LogP) is 0.408. The Morgan fingerprint density at radius 1 is 1.62 bits per heavy atom. The van der Waals surface area contributed by atoms with E-state index < -0.39 is 0 Å². The molecule has 44 valence electrons. The summed E-state index contributed by atoms with van der Waals surface area (Å²) in [5, 5.41) is 10.7. The largest absolute Gasteiger partial charge is 0.622 e. The summed E-state index contributed by atoms with van der Waals surface area (Å²) < 4.78 is 1.26. The van der Waals surface area contributed by atoms with Crippen LogP contribution in [-0.4, -0.2) is 3.84 Å². The fourth-order valence-electron chi connectivity index (χ4n) is 0.329. The number of halogens is 2. The van der Waals surface area contributed by atoms with Gasteiger partial charge in [0.1, 0.15) is 6.20 Å². The van der Waals surface area contributed by atoms with Crippen LogP contribution in [0.25, 0.3) is 0 Å². The van der Waals surface area contributed by atoms with E-state index in [0.29, 0.717) is 7.55 Å². The van der Waals surface area contributed by atoms with Crippen LogP contribution in [0.5, 0.6) is 0 Å². The van der Waals surface area contributed by atoms with E-state index in [2.05, 4.69) is 4.99 Å². The molecule has 1 aliphatic rings. The van der Waals surface area contributed by atoms with E-state index in [1.165, 1.54) is 0 Å². The second-order valence-electron chi connectivity index (χ2n) is 1.23. The summed E-state index contributed by atoms with van der Waals surface area (Å²) in [6.45, 7) is 0. The smallest absolute Gasteiger partial charge is 0.267 e. The molecule has 8 heavy (non-hydrogen) atoms. The van der Waals surface area contributed by atoms with E-state index in [1.807, 2.05) is 45.2 Å². The molecule has 5 heteroatoms. The maximum Gasteiger partial charge on any atom is 0.267 e. The second-order valence-corrected chi connectivity index (χ2v) is 3.41. The van der Waals surface area contributed by atoms with Crippen molar-refractivity contribution >= 4 is 49.0 Å². The highest BCUT2D eigenvalue weighted by Crippen LogP contribution is 2.03. The van der Waals surface area contributed by atoms with Crippen molar-refractivity contribution in [1.29, 1.82) is 0 Å².